The second-order valence-electron chi connectivity index (χ2n) is 1.86. The molecule has 0 aromatic rings. The second kappa shape index (κ2) is 2.14. The topological polar surface area (TPSA) is 12.5 Å². The van der Waals surface area contributed by atoms with E-state index in [4.69, 9.17) is 4.74 Å². The Bertz CT molecular complexity index is 65.1. The van der Waals surface area contributed by atoms with Crippen LogP contribution in [0.5, 0.6) is 0 Å². The Kier molecular flexibility index (Phi) is 1.70. The quantitative estimate of drug-likeness (QED) is 0.446. The van der Waals surface area contributed by atoms with E-state index in [1.54, 1.807) is 0 Å². The maximum Gasteiger partial charge on any atom is 0.0847 e. The summed E-state index contributed by atoms with van der Waals surface area (Å²) >= 11 is 3.34. The summed E-state index contributed by atoms with van der Waals surface area (Å²) in [5, 5.41) is 1.07. The summed E-state index contributed by atoms with van der Waals surface area (Å²) in [6, 6.07) is 0. The van der Waals surface area contributed by atoms with Gasteiger partial charge in [0.15, 0.2) is 0 Å². The zero-order valence-corrected chi connectivity index (χ0v) is 5.94. The molecule has 0 amide bonds. The summed E-state index contributed by atoms with van der Waals surface area (Å²) in [7, 11) is 0. The van der Waals surface area contributed by atoms with Gasteiger partial charge in [0.2, 0.25) is 0 Å². The first-order valence-electron chi connectivity index (χ1n) is 2.56. The van der Waals surface area contributed by atoms with E-state index >= 15 is 0 Å². The highest BCUT2D eigenvalue weighted by molar-refractivity contribution is 9.09. The first-order chi connectivity index (χ1) is 3.34. The Balaban J connectivity index is 1.98. The Hall–Kier alpha value is 0.440. The van der Waals surface area contributed by atoms with Crippen molar-refractivity contribution in [1.82, 2.24) is 0 Å². The van der Waals surface area contributed by atoms with Gasteiger partial charge < -0.3 is 4.74 Å². The van der Waals surface area contributed by atoms with E-state index in [9.17, 15) is 0 Å². The Morgan fingerprint density at radius 3 is 2.43 bits per heavy atom. The lowest BCUT2D eigenvalue weighted by Crippen LogP contribution is -1.88. The molecule has 0 bridgehead atoms. The molecule has 42 valence electrons. The van der Waals surface area contributed by atoms with Crippen LogP contribution in [0.3, 0.4) is 0 Å². The molecule has 0 radical (unpaired) electrons. The molecule has 0 aromatic carbocycles. The van der Waals surface area contributed by atoms with E-state index < -0.39 is 0 Å². The van der Waals surface area contributed by atoms with E-state index in [0.29, 0.717) is 12.2 Å². The van der Waals surface area contributed by atoms with Crippen molar-refractivity contribution in [1.29, 1.82) is 0 Å². The highest BCUT2D eigenvalue weighted by atomic mass is 79.9. The minimum atomic E-state index is 0.539. The predicted molar refractivity (Wildman–Crippen MR) is 32.7 cm³/mol. The molecule has 2 atom stereocenters. The maximum atomic E-state index is 5.13. The normalized spacial score (nSPS) is 38.6. The van der Waals surface area contributed by atoms with Gasteiger partial charge in [-0.2, -0.15) is 0 Å². The fourth-order valence-electron chi connectivity index (χ4n) is 0.641. The summed E-state index contributed by atoms with van der Waals surface area (Å²) in [5.41, 5.74) is 0. The summed E-state index contributed by atoms with van der Waals surface area (Å²) in [4.78, 5) is 0. The van der Waals surface area contributed by atoms with Crippen molar-refractivity contribution >= 4 is 15.9 Å². The fourth-order valence-corrected chi connectivity index (χ4v) is 1.09. The average Bonchev–Trinajstić information content (AvgIpc) is 2.22. The van der Waals surface area contributed by atoms with E-state index in [1.165, 1.54) is 6.42 Å². The average molecular weight is 165 g/mol. The number of alkyl halides is 1. The van der Waals surface area contributed by atoms with Crippen LogP contribution in [0.15, 0.2) is 0 Å². The van der Waals surface area contributed by atoms with Crippen LogP contribution in [-0.4, -0.2) is 17.5 Å². The smallest absolute Gasteiger partial charge is 0.0847 e. The number of ether oxygens (including phenoxy) is 1. The summed E-state index contributed by atoms with van der Waals surface area (Å²) in [5.74, 6) is 0. The number of hydrogen-bond donors (Lipinski definition) is 0. The minimum Gasteiger partial charge on any atom is -0.370 e. The van der Waals surface area contributed by atoms with Crippen LogP contribution >= 0.6 is 15.9 Å². The molecular formula is C5H9BrO. The van der Waals surface area contributed by atoms with Crippen LogP contribution in [-0.2, 0) is 4.74 Å². The van der Waals surface area contributed by atoms with Gasteiger partial charge in [-0.3, -0.25) is 0 Å². The van der Waals surface area contributed by atoms with Crippen LogP contribution < -0.4 is 0 Å². The van der Waals surface area contributed by atoms with Gasteiger partial charge in [0.25, 0.3) is 0 Å². The van der Waals surface area contributed by atoms with Crippen molar-refractivity contribution in [2.24, 2.45) is 0 Å². The summed E-state index contributed by atoms with van der Waals surface area (Å²) in [6.45, 7) is 2.10. The molecule has 1 saturated heterocycles. The lowest BCUT2D eigenvalue weighted by molar-refractivity contribution is 0.376. The van der Waals surface area contributed by atoms with Gasteiger partial charge >= 0.3 is 0 Å². The minimum absolute atomic E-state index is 0.539. The van der Waals surface area contributed by atoms with Gasteiger partial charge in [-0.25, -0.2) is 0 Å². The molecule has 0 saturated carbocycles. The molecular weight excluding hydrogens is 156 g/mol. The van der Waals surface area contributed by atoms with Gasteiger partial charge in [-0.15, -0.1) is 0 Å². The monoisotopic (exact) mass is 164 g/mol. The van der Waals surface area contributed by atoms with Crippen molar-refractivity contribution in [2.45, 2.75) is 25.6 Å². The van der Waals surface area contributed by atoms with E-state index in [1.807, 2.05) is 0 Å². The number of rotatable bonds is 2. The van der Waals surface area contributed by atoms with Crippen molar-refractivity contribution in [3.63, 3.8) is 0 Å². The van der Waals surface area contributed by atoms with Crippen molar-refractivity contribution < 1.29 is 4.74 Å². The number of hydrogen-bond acceptors (Lipinski definition) is 1. The van der Waals surface area contributed by atoms with Crippen molar-refractivity contribution in [3.8, 4) is 0 Å². The van der Waals surface area contributed by atoms with Gasteiger partial charge in [0.1, 0.15) is 0 Å². The molecule has 0 spiro atoms. The zero-order chi connectivity index (χ0) is 5.28. The second-order valence-corrected chi connectivity index (χ2v) is 2.65. The Labute approximate surface area is 52.2 Å². The largest absolute Gasteiger partial charge is 0.370 e. The standard InChI is InChI=1S/C5H9BrO/c1-4-5(7-4)2-3-6/h4-5H,2-3H2,1H3/t4-,5+/m0/s1. The summed E-state index contributed by atoms with van der Waals surface area (Å²) in [6.07, 6.45) is 2.28. The third-order valence-electron chi connectivity index (χ3n) is 1.23. The molecule has 1 rings (SSSR count). The Morgan fingerprint density at radius 2 is 2.29 bits per heavy atom. The number of halogens is 1. The Morgan fingerprint density at radius 1 is 1.71 bits per heavy atom. The third-order valence-corrected chi connectivity index (χ3v) is 1.69. The van der Waals surface area contributed by atoms with Crippen molar-refractivity contribution in [3.05, 3.63) is 0 Å². The summed E-state index contributed by atoms with van der Waals surface area (Å²) < 4.78 is 5.13. The maximum absolute atomic E-state index is 5.13. The fraction of sp³-hybridized carbons (Fsp3) is 1.00. The molecule has 0 aliphatic carbocycles. The third kappa shape index (κ3) is 1.42. The molecule has 0 aromatic heterocycles. The molecule has 0 N–H and O–H groups in total. The van der Waals surface area contributed by atoms with E-state index in [0.717, 1.165) is 5.33 Å². The van der Waals surface area contributed by atoms with Crippen LogP contribution in [0, 0.1) is 0 Å². The SMILES string of the molecule is C[C@@H]1O[C@@H]1CCBr. The van der Waals surface area contributed by atoms with Crippen LogP contribution in [0.25, 0.3) is 0 Å². The van der Waals surface area contributed by atoms with Crippen molar-refractivity contribution in [2.75, 3.05) is 5.33 Å². The molecule has 0 unspecified atom stereocenters. The van der Waals surface area contributed by atoms with E-state index in [-0.39, 0.29) is 0 Å². The molecule has 1 aliphatic rings. The number of epoxide rings is 1. The van der Waals surface area contributed by atoms with Crippen LogP contribution in [0.1, 0.15) is 13.3 Å². The van der Waals surface area contributed by atoms with E-state index in [2.05, 4.69) is 22.9 Å². The lowest BCUT2D eigenvalue weighted by atomic mass is 10.3. The molecule has 1 fully saturated rings. The molecule has 1 nitrogen and oxygen atoms in total. The van der Waals surface area contributed by atoms with Gasteiger partial charge in [-0.05, 0) is 13.3 Å². The zero-order valence-electron chi connectivity index (χ0n) is 4.36. The first kappa shape index (κ1) is 5.57. The highest BCUT2D eigenvalue weighted by Gasteiger charge is 2.32. The van der Waals surface area contributed by atoms with Crippen LogP contribution in [0.2, 0.25) is 0 Å². The molecule has 7 heavy (non-hydrogen) atoms. The lowest BCUT2D eigenvalue weighted by Gasteiger charge is -1.80. The highest BCUT2D eigenvalue weighted by Crippen LogP contribution is 2.24. The molecule has 1 heterocycles. The van der Waals surface area contributed by atoms with Gasteiger partial charge in [0.05, 0.1) is 12.2 Å². The van der Waals surface area contributed by atoms with Gasteiger partial charge in [-0.1, -0.05) is 15.9 Å². The van der Waals surface area contributed by atoms with Crippen LogP contribution in [0.4, 0.5) is 0 Å². The molecule has 1 aliphatic heterocycles. The predicted octanol–water partition coefficient (Wildman–Crippen LogP) is 1.56. The molecule has 2 heteroatoms. The van der Waals surface area contributed by atoms with Gasteiger partial charge in [0, 0.05) is 5.33 Å². The first-order valence-corrected chi connectivity index (χ1v) is 3.68.